The number of nitrogens with zero attached hydrogens (tertiary/aromatic N) is 9. The van der Waals surface area contributed by atoms with Crippen LogP contribution in [0.2, 0.25) is 0 Å². The van der Waals surface area contributed by atoms with Crippen molar-refractivity contribution in [2.45, 2.75) is 19.4 Å². The van der Waals surface area contributed by atoms with Crippen LogP contribution >= 0.6 is 0 Å². The van der Waals surface area contributed by atoms with E-state index in [4.69, 9.17) is 11.5 Å². The lowest BCUT2D eigenvalue weighted by molar-refractivity contribution is -0.657. The van der Waals surface area contributed by atoms with Gasteiger partial charge >= 0.3 is 5.95 Å². The van der Waals surface area contributed by atoms with Gasteiger partial charge in [-0.25, -0.2) is 9.13 Å². The average Bonchev–Trinajstić information content (AvgIpc) is 3.60. The van der Waals surface area contributed by atoms with E-state index in [2.05, 4.69) is 25.8 Å². The first-order chi connectivity index (χ1) is 28.9. The van der Waals surface area contributed by atoms with Crippen LogP contribution in [0.5, 0.6) is 11.5 Å². The maximum absolute atomic E-state index is 13.3. The second-order valence-corrected chi connectivity index (χ2v) is 14.5. The Bertz CT molecular complexity index is 2570. The van der Waals surface area contributed by atoms with Crippen molar-refractivity contribution in [2.75, 3.05) is 58.9 Å². The molecule has 6 aromatic rings. The number of amides is 2. The molecule has 0 atom stereocenters. The van der Waals surface area contributed by atoms with Gasteiger partial charge in [0.25, 0.3) is 11.8 Å². The Morgan fingerprint density at radius 2 is 1.30 bits per heavy atom. The van der Waals surface area contributed by atoms with Gasteiger partial charge in [-0.05, 0) is 60.0 Å². The van der Waals surface area contributed by atoms with E-state index >= 15 is 0 Å². The lowest BCUT2D eigenvalue weighted by Gasteiger charge is -2.19. The predicted molar refractivity (Wildman–Crippen MR) is 234 cm³/mol. The maximum atomic E-state index is 13.3. The third-order valence-corrected chi connectivity index (χ3v) is 10.0. The summed E-state index contributed by atoms with van der Waals surface area (Å²) in [5.74, 6) is 0.231. The van der Waals surface area contributed by atoms with Crippen molar-refractivity contribution >= 4 is 62.1 Å². The summed E-state index contributed by atoms with van der Waals surface area (Å²) in [6, 6.07) is 25.0. The number of carbonyl (C=O) groups is 2. The number of azo groups is 2. The molecule has 6 rings (SSSR count). The molecule has 16 nitrogen and oxygen atoms in total. The first-order valence-corrected chi connectivity index (χ1v) is 19.5. The SMILES string of the molecule is CN(C=CNCCCN(C)C(=O)c1ccc(C(=O)N(C)CCCn2cc[n+](C)c2N=Nc2c(N)c(O)cc3ccccc23)cc1)CN=Nc1c(N)c(O)cc2ccccc12. The molecule has 1 aromatic heterocycles. The highest BCUT2D eigenvalue weighted by Gasteiger charge is 2.19. The van der Waals surface area contributed by atoms with Crippen LogP contribution in [-0.2, 0) is 13.6 Å². The van der Waals surface area contributed by atoms with Gasteiger partial charge in [0.05, 0.1) is 26.0 Å². The number of phenols is 2. The van der Waals surface area contributed by atoms with Crippen LogP contribution in [0.4, 0.5) is 28.7 Å². The molecule has 0 fully saturated rings. The molecular weight excluding hydrogens is 761 g/mol. The van der Waals surface area contributed by atoms with Crippen LogP contribution in [-0.4, -0.2) is 88.7 Å². The van der Waals surface area contributed by atoms with Crippen molar-refractivity contribution in [1.82, 2.24) is 24.6 Å². The van der Waals surface area contributed by atoms with Crippen molar-refractivity contribution in [2.24, 2.45) is 27.5 Å². The van der Waals surface area contributed by atoms with Gasteiger partial charge in [0, 0.05) is 80.2 Å². The number of rotatable bonds is 17. The maximum Gasteiger partial charge on any atom is 0.421 e. The molecule has 0 aliphatic rings. The van der Waals surface area contributed by atoms with Crippen LogP contribution in [0.15, 0.2) is 130 Å². The number of phenolic OH excluding ortho intramolecular Hbond substituents is 2. The lowest BCUT2D eigenvalue weighted by Crippen LogP contribution is -2.30. The van der Waals surface area contributed by atoms with E-state index < -0.39 is 0 Å². The number of aromatic hydroxyl groups is 2. The van der Waals surface area contributed by atoms with Crippen LogP contribution in [0.25, 0.3) is 21.5 Å². The van der Waals surface area contributed by atoms with Gasteiger partial charge in [-0.2, -0.15) is 10.2 Å². The van der Waals surface area contributed by atoms with E-state index in [0.717, 1.165) is 28.0 Å². The van der Waals surface area contributed by atoms with Crippen LogP contribution in [0.3, 0.4) is 0 Å². The topological polar surface area (TPSA) is 207 Å². The van der Waals surface area contributed by atoms with Crippen molar-refractivity contribution in [3.8, 4) is 11.5 Å². The smallest absolute Gasteiger partial charge is 0.421 e. The van der Waals surface area contributed by atoms with Crippen LogP contribution in [0, 0.1) is 0 Å². The van der Waals surface area contributed by atoms with E-state index in [1.165, 1.54) is 0 Å². The number of aromatic nitrogens is 2. The summed E-state index contributed by atoms with van der Waals surface area (Å²) < 4.78 is 3.79. The Morgan fingerprint density at radius 1 is 0.767 bits per heavy atom. The van der Waals surface area contributed by atoms with Gasteiger partial charge in [0.15, 0.2) is 0 Å². The number of nitrogens with two attached hydrogens (primary N) is 2. The van der Waals surface area contributed by atoms with Crippen molar-refractivity contribution in [3.63, 3.8) is 0 Å². The van der Waals surface area contributed by atoms with Gasteiger partial charge in [0.1, 0.15) is 40.9 Å². The highest BCUT2D eigenvalue weighted by atomic mass is 16.3. The number of hydrogen-bond donors (Lipinski definition) is 5. The summed E-state index contributed by atoms with van der Waals surface area (Å²) in [4.78, 5) is 31.5. The molecule has 0 aliphatic carbocycles. The second kappa shape index (κ2) is 19.3. The number of nitrogens with one attached hydrogen (secondary N) is 1. The molecule has 60 heavy (non-hydrogen) atoms. The predicted octanol–water partition coefficient (Wildman–Crippen LogP) is 6.97. The molecule has 0 bridgehead atoms. The fourth-order valence-corrected chi connectivity index (χ4v) is 6.60. The third kappa shape index (κ3) is 9.96. The molecule has 0 saturated heterocycles. The van der Waals surface area contributed by atoms with Crippen LogP contribution in [0.1, 0.15) is 33.6 Å². The molecule has 310 valence electrons. The largest absolute Gasteiger partial charge is 0.506 e. The summed E-state index contributed by atoms with van der Waals surface area (Å²) in [6.07, 6.45) is 8.79. The standard InChI is InChI=1S/C44H50N12O4/c1-52(29-48-49-40-34-13-7-5-11-32(34)27-36(57)38(40)45)24-20-47-19-9-21-53(2)42(59)30-15-17-31(18-16-30)43(60)54(3)22-10-23-56-26-25-55(4)44(56)51-50-41-35-14-8-6-12-33(35)28-37(58)39(41)46/h5-8,11-18,20,24-28,47H,9-10,19,21-23,29H2,1-4H3,(H5,45,46,48,49,50,57,58,59,60)/p+1. The Kier molecular flexibility index (Phi) is 13.6. The molecule has 0 radical (unpaired) electrons. The zero-order valence-corrected chi connectivity index (χ0v) is 34.2. The van der Waals surface area contributed by atoms with E-state index in [-0.39, 0.29) is 41.4 Å². The fourth-order valence-electron chi connectivity index (χ4n) is 6.60. The van der Waals surface area contributed by atoms with Gasteiger partial charge in [-0.3, -0.25) is 9.59 Å². The Morgan fingerprint density at radius 3 is 1.88 bits per heavy atom. The van der Waals surface area contributed by atoms with Crippen molar-refractivity contribution in [1.29, 1.82) is 0 Å². The first-order valence-electron chi connectivity index (χ1n) is 19.5. The molecular formula is C44H51N12O4+. The average molecular weight is 812 g/mol. The highest BCUT2D eigenvalue weighted by Crippen LogP contribution is 2.40. The first kappa shape index (κ1) is 42.1. The van der Waals surface area contributed by atoms with E-state index in [0.29, 0.717) is 61.0 Å². The highest BCUT2D eigenvalue weighted by molar-refractivity contribution is 6.01. The second-order valence-electron chi connectivity index (χ2n) is 14.5. The van der Waals surface area contributed by atoms with Crippen LogP contribution < -0.4 is 21.4 Å². The molecule has 0 aliphatic heterocycles. The third-order valence-electron chi connectivity index (χ3n) is 10.0. The van der Waals surface area contributed by atoms with E-state index in [9.17, 15) is 19.8 Å². The van der Waals surface area contributed by atoms with Crippen molar-refractivity contribution < 1.29 is 24.4 Å². The Labute approximate surface area is 348 Å². The van der Waals surface area contributed by atoms with Gasteiger partial charge in [-0.15, -0.1) is 0 Å². The minimum absolute atomic E-state index is 0.0294. The number of carbonyl (C=O) groups excluding carboxylic acids is 2. The minimum Gasteiger partial charge on any atom is -0.506 e. The molecule has 5 aromatic carbocycles. The Balaban J connectivity index is 0.917. The number of fused-ring (bicyclic) bond motifs is 2. The number of nitrogen functional groups attached to an aromatic ring is 2. The van der Waals surface area contributed by atoms with E-state index in [1.807, 2.05) is 101 Å². The zero-order valence-electron chi connectivity index (χ0n) is 34.2. The zero-order chi connectivity index (χ0) is 42.8. The summed E-state index contributed by atoms with van der Waals surface area (Å²) in [5, 5.41) is 44.4. The monoisotopic (exact) mass is 811 g/mol. The van der Waals surface area contributed by atoms with Gasteiger partial charge in [0.2, 0.25) is 0 Å². The summed E-state index contributed by atoms with van der Waals surface area (Å²) in [7, 11) is 7.24. The number of hydrogen-bond acceptors (Lipinski definition) is 12. The van der Waals surface area contributed by atoms with Gasteiger partial charge < -0.3 is 41.7 Å². The molecule has 2 amide bonds. The molecule has 7 N–H and O–H groups in total. The summed E-state index contributed by atoms with van der Waals surface area (Å²) in [5.41, 5.74) is 14.4. The summed E-state index contributed by atoms with van der Waals surface area (Å²) in [6.45, 7) is 2.53. The minimum atomic E-state index is -0.144. The number of imidazole rings is 1. The number of benzene rings is 5. The Hall–Kier alpha value is -7.49. The van der Waals surface area contributed by atoms with E-state index in [1.54, 1.807) is 60.3 Å². The normalized spacial score (nSPS) is 11.7. The molecule has 16 heteroatoms. The molecule has 0 unspecified atom stereocenters. The van der Waals surface area contributed by atoms with Gasteiger partial charge in [-0.1, -0.05) is 53.6 Å². The number of aryl methyl sites for hydroxylation is 2. The number of anilines is 2. The lowest BCUT2D eigenvalue weighted by atomic mass is 10.1. The quantitative estimate of drug-likeness (QED) is 0.0213. The summed E-state index contributed by atoms with van der Waals surface area (Å²) >= 11 is 0. The van der Waals surface area contributed by atoms with Crippen molar-refractivity contribution in [3.05, 3.63) is 121 Å². The molecule has 0 saturated carbocycles. The molecule has 1 heterocycles. The molecule has 0 spiro atoms. The fraction of sp³-hybridized carbons (Fsp3) is 0.250.